The molecular formula is C18H21FNO3+. The monoisotopic (exact) mass is 318 g/mol. The van der Waals surface area contributed by atoms with Crippen LogP contribution in [0.5, 0.6) is 17.2 Å². The van der Waals surface area contributed by atoms with Gasteiger partial charge in [0.2, 0.25) is 0 Å². The van der Waals surface area contributed by atoms with Gasteiger partial charge in [-0.05, 0) is 42.0 Å². The van der Waals surface area contributed by atoms with E-state index in [0.29, 0.717) is 12.4 Å². The Morgan fingerprint density at radius 3 is 2.48 bits per heavy atom. The second kappa shape index (κ2) is 6.87. The summed E-state index contributed by atoms with van der Waals surface area (Å²) in [7, 11) is 3.29. The molecule has 1 aliphatic heterocycles. The SMILES string of the molecule is COc1cc2c(cc1OC)[C@H](COc1ccc(F)cc1)[NH2+]CC2. The van der Waals surface area contributed by atoms with Gasteiger partial charge in [-0.1, -0.05) is 0 Å². The van der Waals surface area contributed by atoms with Crippen LogP contribution in [0.25, 0.3) is 0 Å². The molecule has 5 heteroatoms. The normalized spacial score (nSPS) is 16.6. The molecule has 0 bridgehead atoms. The van der Waals surface area contributed by atoms with E-state index in [2.05, 4.69) is 5.32 Å². The fraction of sp³-hybridized carbons (Fsp3) is 0.333. The minimum absolute atomic E-state index is 0.184. The number of ether oxygens (including phenoxy) is 3. The summed E-state index contributed by atoms with van der Waals surface area (Å²) in [6, 6.07) is 10.4. The van der Waals surface area contributed by atoms with Crippen molar-refractivity contribution in [2.24, 2.45) is 0 Å². The highest BCUT2D eigenvalue weighted by atomic mass is 19.1. The zero-order valence-electron chi connectivity index (χ0n) is 13.3. The highest BCUT2D eigenvalue weighted by Crippen LogP contribution is 2.33. The molecular weight excluding hydrogens is 297 g/mol. The fourth-order valence-electron chi connectivity index (χ4n) is 2.94. The van der Waals surface area contributed by atoms with Gasteiger partial charge in [0.05, 0.1) is 20.8 Å². The van der Waals surface area contributed by atoms with Crippen molar-refractivity contribution in [1.29, 1.82) is 0 Å². The summed E-state index contributed by atoms with van der Waals surface area (Å²) in [5, 5.41) is 2.26. The predicted octanol–water partition coefficient (Wildman–Crippen LogP) is 2.08. The number of rotatable bonds is 5. The second-order valence-corrected chi connectivity index (χ2v) is 5.55. The Balaban J connectivity index is 1.79. The molecule has 0 saturated carbocycles. The molecule has 0 aromatic heterocycles. The van der Waals surface area contributed by atoms with Gasteiger partial charge in [0.25, 0.3) is 0 Å². The third kappa shape index (κ3) is 3.40. The van der Waals surface area contributed by atoms with Crippen molar-refractivity contribution in [3.8, 4) is 17.2 Å². The summed E-state index contributed by atoms with van der Waals surface area (Å²) in [6.07, 6.45) is 0.989. The van der Waals surface area contributed by atoms with Crippen molar-refractivity contribution in [1.82, 2.24) is 0 Å². The van der Waals surface area contributed by atoms with Crippen molar-refractivity contribution in [2.75, 3.05) is 27.4 Å². The Bertz CT molecular complexity index is 673. The molecule has 0 aliphatic carbocycles. The first-order chi connectivity index (χ1) is 11.2. The molecule has 23 heavy (non-hydrogen) atoms. The van der Waals surface area contributed by atoms with E-state index in [0.717, 1.165) is 24.5 Å². The van der Waals surface area contributed by atoms with Crippen LogP contribution in [0.4, 0.5) is 4.39 Å². The van der Waals surface area contributed by atoms with Crippen molar-refractivity contribution >= 4 is 0 Å². The summed E-state index contributed by atoms with van der Waals surface area (Å²) >= 11 is 0. The van der Waals surface area contributed by atoms with E-state index >= 15 is 0 Å². The zero-order chi connectivity index (χ0) is 16.2. The van der Waals surface area contributed by atoms with Crippen molar-refractivity contribution in [3.63, 3.8) is 0 Å². The van der Waals surface area contributed by atoms with Crippen LogP contribution < -0.4 is 19.5 Å². The van der Waals surface area contributed by atoms with E-state index in [-0.39, 0.29) is 11.9 Å². The molecule has 0 saturated heterocycles. The molecule has 1 heterocycles. The van der Waals surface area contributed by atoms with Gasteiger partial charge in [-0.3, -0.25) is 0 Å². The van der Waals surface area contributed by atoms with Gasteiger partial charge in [-0.25, -0.2) is 4.39 Å². The lowest BCUT2D eigenvalue weighted by atomic mass is 9.94. The first-order valence-corrected chi connectivity index (χ1v) is 7.67. The van der Waals surface area contributed by atoms with Gasteiger partial charge in [0.15, 0.2) is 11.5 Å². The number of fused-ring (bicyclic) bond motifs is 1. The Kier molecular flexibility index (Phi) is 4.67. The van der Waals surface area contributed by atoms with E-state index in [9.17, 15) is 4.39 Å². The summed E-state index contributed by atoms with van der Waals surface area (Å²) < 4.78 is 29.5. The first kappa shape index (κ1) is 15.6. The molecule has 2 N–H and O–H groups in total. The third-order valence-corrected chi connectivity index (χ3v) is 4.15. The highest BCUT2D eigenvalue weighted by Gasteiger charge is 2.26. The van der Waals surface area contributed by atoms with Crippen molar-refractivity contribution in [2.45, 2.75) is 12.5 Å². The summed E-state index contributed by atoms with van der Waals surface area (Å²) in [5.74, 6) is 1.90. The van der Waals surface area contributed by atoms with Gasteiger partial charge < -0.3 is 19.5 Å². The van der Waals surface area contributed by atoms with Crippen LogP contribution in [0.3, 0.4) is 0 Å². The van der Waals surface area contributed by atoms with Crippen LogP contribution >= 0.6 is 0 Å². The molecule has 1 atom stereocenters. The maximum atomic E-state index is 12.9. The van der Waals surface area contributed by atoms with E-state index in [4.69, 9.17) is 14.2 Å². The van der Waals surface area contributed by atoms with Gasteiger partial charge in [0.1, 0.15) is 24.2 Å². The van der Waals surface area contributed by atoms with Crippen LogP contribution in [-0.2, 0) is 6.42 Å². The van der Waals surface area contributed by atoms with Gasteiger partial charge in [0, 0.05) is 12.0 Å². The molecule has 1 aliphatic rings. The van der Waals surface area contributed by atoms with Crippen molar-refractivity contribution in [3.05, 3.63) is 53.3 Å². The van der Waals surface area contributed by atoms with Crippen LogP contribution in [0.2, 0.25) is 0 Å². The molecule has 0 fully saturated rings. The number of benzene rings is 2. The molecule has 0 radical (unpaired) electrons. The van der Waals surface area contributed by atoms with Crippen molar-refractivity contribution < 1.29 is 23.9 Å². The lowest BCUT2D eigenvalue weighted by Gasteiger charge is -2.25. The fourth-order valence-corrected chi connectivity index (χ4v) is 2.94. The number of nitrogens with two attached hydrogens (primary N) is 1. The molecule has 0 spiro atoms. The Hall–Kier alpha value is -2.27. The standard InChI is InChI=1S/C18H20FNO3/c1-21-17-9-12-7-8-20-16(15(12)10-18(17)22-2)11-23-14-5-3-13(19)4-6-14/h3-6,9-10,16,20H,7-8,11H2,1-2H3/p+1/t16-/m0/s1. The topological polar surface area (TPSA) is 44.3 Å². The quantitative estimate of drug-likeness (QED) is 0.918. The Labute approximate surface area is 135 Å². The molecule has 4 nitrogen and oxygen atoms in total. The maximum absolute atomic E-state index is 12.9. The highest BCUT2D eigenvalue weighted by molar-refractivity contribution is 5.48. The average Bonchev–Trinajstić information content (AvgIpc) is 2.60. The Morgan fingerprint density at radius 1 is 1.09 bits per heavy atom. The predicted molar refractivity (Wildman–Crippen MR) is 84.7 cm³/mol. The van der Waals surface area contributed by atoms with E-state index in [1.54, 1.807) is 26.4 Å². The molecule has 3 rings (SSSR count). The largest absolute Gasteiger partial charge is 0.493 e. The molecule has 122 valence electrons. The maximum Gasteiger partial charge on any atom is 0.161 e. The molecule has 0 unspecified atom stereocenters. The van der Waals surface area contributed by atoms with E-state index < -0.39 is 0 Å². The molecule has 2 aromatic rings. The third-order valence-electron chi connectivity index (χ3n) is 4.15. The van der Waals surface area contributed by atoms with E-state index in [1.165, 1.54) is 23.3 Å². The zero-order valence-corrected chi connectivity index (χ0v) is 13.3. The number of quaternary nitrogens is 1. The average molecular weight is 318 g/mol. The molecule has 0 amide bonds. The number of hydrogen-bond donors (Lipinski definition) is 1. The summed E-state index contributed by atoms with van der Waals surface area (Å²) in [4.78, 5) is 0. The Morgan fingerprint density at radius 2 is 1.78 bits per heavy atom. The lowest BCUT2D eigenvalue weighted by molar-refractivity contribution is -0.700. The summed E-state index contributed by atoms with van der Waals surface area (Å²) in [6.45, 7) is 1.52. The second-order valence-electron chi connectivity index (χ2n) is 5.55. The van der Waals surface area contributed by atoms with Gasteiger partial charge >= 0.3 is 0 Å². The smallest absolute Gasteiger partial charge is 0.161 e. The first-order valence-electron chi connectivity index (χ1n) is 7.67. The lowest BCUT2D eigenvalue weighted by Crippen LogP contribution is -2.88. The van der Waals surface area contributed by atoms with Crippen LogP contribution in [0.1, 0.15) is 17.2 Å². The number of methoxy groups -OCH3 is 2. The van der Waals surface area contributed by atoms with Gasteiger partial charge in [-0.2, -0.15) is 0 Å². The summed E-state index contributed by atoms with van der Waals surface area (Å²) in [5.41, 5.74) is 2.47. The molecule has 2 aromatic carbocycles. The van der Waals surface area contributed by atoms with Gasteiger partial charge in [-0.15, -0.1) is 0 Å². The number of halogens is 1. The minimum Gasteiger partial charge on any atom is -0.493 e. The van der Waals surface area contributed by atoms with Crippen LogP contribution in [0.15, 0.2) is 36.4 Å². The number of hydrogen-bond acceptors (Lipinski definition) is 3. The van der Waals surface area contributed by atoms with E-state index in [1.807, 2.05) is 12.1 Å². The van der Waals surface area contributed by atoms with Crippen LogP contribution in [-0.4, -0.2) is 27.4 Å². The van der Waals surface area contributed by atoms with Crippen LogP contribution in [0, 0.1) is 5.82 Å². The minimum atomic E-state index is -0.260.